The van der Waals surface area contributed by atoms with Crippen LogP contribution in [0.2, 0.25) is 0 Å². The van der Waals surface area contributed by atoms with E-state index in [0.29, 0.717) is 10.7 Å². The van der Waals surface area contributed by atoms with E-state index in [1.54, 1.807) is 18.2 Å². The number of nitrogen functional groups attached to an aromatic ring is 1. The number of nitrogens with zero attached hydrogens (tertiary/aromatic N) is 1. The van der Waals surface area contributed by atoms with Crippen LogP contribution in [0, 0.1) is 0 Å². The zero-order valence-electron chi connectivity index (χ0n) is 9.11. The molecule has 0 bridgehead atoms. The molecule has 2 aromatic rings. The molecule has 1 heterocycles. The largest absolute Gasteiger partial charge is 0.417 e. The molecule has 0 spiro atoms. The van der Waals surface area contributed by atoms with Crippen LogP contribution in [0.4, 0.5) is 18.9 Å². The lowest BCUT2D eigenvalue weighted by Gasteiger charge is -2.06. The molecule has 0 radical (unpaired) electrons. The van der Waals surface area contributed by atoms with Gasteiger partial charge >= 0.3 is 6.18 Å². The number of alkyl halides is 3. The van der Waals surface area contributed by atoms with Gasteiger partial charge in [0, 0.05) is 16.8 Å². The third-order valence-corrected chi connectivity index (χ3v) is 3.08. The lowest BCUT2D eigenvalue weighted by molar-refractivity contribution is -0.137. The van der Waals surface area contributed by atoms with E-state index < -0.39 is 11.7 Å². The second kappa shape index (κ2) is 4.89. The van der Waals surface area contributed by atoms with E-state index in [0.717, 1.165) is 17.2 Å². The van der Waals surface area contributed by atoms with Crippen LogP contribution < -0.4 is 5.73 Å². The summed E-state index contributed by atoms with van der Waals surface area (Å²) in [6, 6.07) is 9.44. The molecular formula is C12H9F3N2S. The minimum atomic E-state index is -4.35. The summed E-state index contributed by atoms with van der Waals surface area (Å²) in [5, 5.41) is 0.494. The van der Waals surface area contributed by atoms with Gasteiger partial charge in [0.1, 0.15) is 5.03 Å². The third-order valence-electron chi connectivity index (χ3n) is 2.14. The van der Waals surface area contributed by atoms with E-state index in [1.165, 1.54) is 17.8 Å². The Bertz CT molecular complexity index is 538. The fourth-order valence-electron chi connectivity index (χ4n) is 1.31. The molecule has 0 aliphatic heterocycles. The van der Waals surface area contributed by atoms with Crippen molar-refractivity contribution in [1.82, 2.24) is 4.98 Å². The fourth-order valence-corrected chi connectivity index (χ4v) is 2.13. The van der Waals surface area contributed by atoms with Crippen molar-refractivity contribution in [1.29, 1.82) is 0 Å². The van der Waals surface area contributed by atoms with Crippen molar-refractivity contribution in [2.24, 2.45) is 0 Å². The van der Waals surface area contributed by atoms with Crippen LogP contribution in [0.5, 0.6) is 0 Å². The van der Waals surface area contributed by atoms with Crippen molar-refractivity contribution < 1.29 is 13.2 Å². The first-order chi connectivity index (χ1) is 8.45. The van der Waals surface area contributed by atoms with Crippen molar-refractivity contribution in [3.63, 3.8) is 0 Å². The highest BCUT2D eigenvalue weighted by Gasteiger charge is 2.30. The lowest BCUT2D eigenvalue weighted by Crippen LogP contribution is -2.04. The van der Waals surface area contributed by atoms with Gasteiger partial charge in [0.2, 0.25) is 0 Å². The Morgan fingerprint density at radius 2 is 1.89 bits per heavy atom. The fraction of sp³-hybridized carbons (Fsp3) is 0.0833. The summed E-state index contributed by atoms with van der Waals surface area (Å²) in [4.78, 5) is 4.61. The minimum Gasteiger partial charge on any atom is -0.399 e. The molecule has 2 N–H and O–H groups in total. The summed E-state index contributed by atoms with van der Waals surface area (Å²) in [5.74, 6) is 0. The van der Waals surface area contributed by atoms with Crippen molar-refractivity contribution in [2.75, 3.05) is 5.73 Å². The van der Waals surface area contributed by atoms with Gasteiger partial charge in [-0.1, -0.05) is 17.8 Å². The summed E-state index contributed by atoms with van der Waals surface area (Å²) in [5.41, 5.74) is 5.46. The van der Waals surface area contributed by atoms with Crippen molar-refractivity contribution >= 4 is 17.4 Å². The summed E-state index contributed by atoms with van der Waals surface area (Å²) in [7, 11) is 0. The highest BCUT2D eigenvalue weighted by Crippen LogP contribution is 2.31. The number of rotatable bonds is 2. The van der Waals surface area contributed by atoms with Gasteiger partial charge in [-0.3, -0.25) is 0 Å². The number of hydrogen-bond donors (Lipinski definition) is 1. The highest BCUT2D eigenvalue weighted by molar-refractivity contribution is 7.99. The topological polar surface area (TPSA) is 38.9 Å². The van der Waals surface area contributed by atoms with Crippen LogP contribution in [-0.4, -0.2) is 4.98 Å². The summed E-state index contributed by atoms with van der Waals surface area (Å²) >= 11 is 1.26. The van der Waals surface area contributed by atoms with Crippen LogP contribution in [-0.2, 0) is 6.18 Å². The average molecular weight is 270 g/mol. The Labute approximate surface area is 106 Å². The van der Waals surface area contributed by atoms with E-state index in [2.05, 4.69) is 4.98 Å². The normalized spacial score (nSPS) is 11.5. The Morgan fingerprint density at radius 1 is 1.11 bits per heavy atom. The Morgan fingerprint density at radius 3 is 2.44 bits per heavy atom. The molecule has 2 rings (SSSR count). The number of benzene rings is 1. The van der Waals surface area contributed by atoms with Gasteiger partial charge in [-0.05, 0) is 30.3 Å². The first-order valence-corrected chi connectivity index (χ1v) is 5.83. The van der Waals surface area contributed by atoms with Crippen LogP contribution in [0.1, 0.15) is 5.56 Å². The van der Waals surface area contributed by atoms with Gasteiger partial charge in [0.05, 0.1) is 5.56 Å². The SMILES string of the molecule is Nc1cccc(Sc2ccc(C(F)(F)F)cn2)c1. The molecule has 6 heteroatoms. The molecule has 0 saturated heterocycles. The second-order valence-electron chi connectivity index (χ2n) is 3.56. The van der Waals surface area contributed by atoms with Crippen molar-refractivity contribution in [3.05, 3.63) is 48.2 Å². The summed E-state index contributed by atoms with van der Waals surface area (Å²) in [6.07, 6.45) is -3.53. The van der Waals surface area contributed by atoms with Gasteiger partial charge in [0.25, 0.3) is 0 Å². The van der Waals surface area contributed by atoms with Gasteiger partial charge in [-0.15, -0.1) is 0 Å². The molecule has 1 aromatic heterocycles. The van der Waals surface area contributed by atoms with Crippen LogP contribution in [0.3, 0.4) is 0 Å². The van der Waals surface area contributed by atoms with Crippen LogP contribution >= 0.6 is 11.8 Å². The van der Waals surface area contributed by atoms with E-state index in [9.17, 15) is 13.2 Å². The Hall–Kier alpha value is -1.69. The smallest absolute Gasteiger partial charge is 0.399 e. The van der Waals surface area contributed by atoms with Gasteiger partial charge in [-0.25, -0.2) is 4.98 Å². The molecule has 0 aliphatic rings. The number of pyridine rings is 1. The predicted molar refractivity (Wildman–Crippen MR) is 64.2 cm³/mol. The molecule has 18 heavy (non-hydrogen) atoms. The number of aromatic nitrogens is 1. The zero-order chi connectivity index (χ0) is 13.2. The monoisotopic (exact) mass is 270 g/mol. The zero-order valence-corrected chi connectivity index (χ0v) is 9.92. The summed E-state index contributed by atoms with van der Waals surface area (Å²) < 4.78 is 37.0. The molecule has 0 aliphatic carbocycles. The maximum Gasteiger partial charge on any atom is 0.417 e. The van der Waals surface area contributed by atoms with E-state index in [4.69, 9.17) is 5.73 Å². The molecule has 0 saturated carbocycles. The van der Waals surface area contributed by atoms with Gasteiger partial charge in [0.15, 0.2) is 0 Å². The Balaban J connectivity index is 2.16. The summed E-state index contributed by atoms with van der Waals surface area (Å²) in [6.45, 7) is 0. The average Bonchev–Trinajstić information content (AvgIpc) is 2.28. The van der Waals surface area contributed by atoms with Gasteiger partial charge in [-0.2, -0.15) is 13.2 Å². The molecule has 2 nitrogen and oxygen atoms in total. The van der Waals surface area contributed by atoms with Crippen molar-refractivity contribution in [2.45, 2.75) is 16.1 Å². The van der Waals surface area contributed by atoms with Crippen molar-refractivity contribution in [3.8, 4) is 0 Å². The molecular weight excluding hydrogens is 261 g/mol. The Kier molecular flexibility index (Phi) is 3.47. The molecule has 0 amide bonds. The number of nitrogens with two attached hydrogens (primary N) is 1. The minimum absolute atomic E-state index is 0.494. The maximum absolute atomic E-state index is 12.3. The number of hydrogen-bond acceptors (Lipinski definition) is 3. The number of anilines is 1. The van der Waals surface area contributed by atoms with E-state index in [1.807, 2.05) is 6.07 Å². The molecule has 1 aromatic carbocycles. The van der Waals surface area contributed by atoms with E-state index in [-0.39, 0.29) is 0 Å². The first-order valence-electron chi connectivity index (χ1n) is 5.02. The molecule has 0 fully saturated rings. The molecule has 0 atom stereocenters. The molecule has 94 valence electrons. The standard InChI is InChI=1S/C12H9F3N2S/c13-12(14,15)8-4-5-11(17-7-8)18-10-3-1-2-9(16)6-10/h1-7H,16H2. The maximum atomic E-state index is 12.3. The lowest BCUT2D eigenvalue weighted by atomic mass is 10.3. The highest BCUT2D eigenvalue weighted by atomic mass is 32.2. The van der Waals surface area contributed by atoms with E-state index >= 15 is 0 Å². The van der Waals surface area contributed by atoms with Gasteiger partial charge < -0.3 is 5.73 Å². The number of halogens is 3. The third kappa shape index (κ3) is 3.16. The first kappa shape index (κ1) is 12.8. The van der Waals surface area contributed by atoms with Crippen LogP contribution in [0.15, 0.2) is 52.5 Å². The predicted octanol–water partition coefficient (Wildman–Crippen LogP) is 3.83. The second-order valence-corrected chi connectivity index (χ2v) is 4.65. The quantitative estimate of drug-likeness (QED) is 0.843. The van der Waals surface area contributed by atoms with Crippen LogP contribution in [0.25, 0.3) is 0 Å². The molecule has 0 unspecified atom stereocenters.